The van der Waals surface area contributed by atoms with Gasteiger partial charge in [0.1, 0.15) is 5.69 Å². The summed E-state index contributed by atoms with van der Waals surface area (Å²) in [7, 11) is 0. The van der Waals surface area contributed by atoms with Crippen molar-refractivity contribution in [3.63, 3.8) is 0 Å². The standard InChI is InChI=1S/C15H15N5O2S2/c1-3-10-5-4-6-11(7-10)16-12(21)8-23-15-19-20-13(22)9(2)17-18-14(20)24-15/h4-7H,3,8H2,1-2H3,(H,16,21). The number of nitrogens with zero attached hydrogens (tertiary/aromatic N) is 4. The summed E-state index contributed by atoms with van der Waals surface area (Å²) in [6.45, 7) is 3.66. The van der Waals surface area contributed by atoms with Crippen LogP contribution < -0.4 is 10.9 Å². The van der Waals surface area contributed by atoms with Gasteiger partial charge in [-0.15, -0.1) is 15.3 Å². The molecule has 2 heterocycles. The number of rotatable bonds is 5. The number of carbonyl (C=O) groups is 1. The third-order valence-electron chi connectivity index (χ3n) is 3.27. The van der Waals surface area contributed by atoms with Crippen molar-refractivity contribution in [2.24, 2.45) is 0 Å². The molecule has 0 saturated carbocycles. The van der Waals surface area contributed by atoms with Crippen molar-refractivity contribution in [1.29, 1.82) is 0 Å². The predicted octanol–water partition coefficient (Wildman–Crippen LogP) is 2.15. The molecule has 0 aliphatic heterocycles. The number of hydrogen-bond acceptors (Lipinski definition) is 7. The molecule has 0 saturated heterocycles. The second-order valence-electron chi connectivity index (χ2n) is 5.04. The number of amides is 1. The number of aryl methyl sites for hydroxylation is 2. The number of anilines is 1. The normalized spacial score (nSPS) is 10.9. The van der Waals surface area contributed by atoms with Gasteiger partial charge in [-0.25, -0.2) is 0 Å². The van der Waals surface area contributed by atoms with E-state index in [1.54, 1.807) is 6.92 Å². The first-order valence-corrected chi connectivity index (χ1v) is 9.12. The Morgan fingerprint density at radius 3 is 3.00 bits per heavy atom. The van der Waals surface area contributed by atoms with Crippen molar-refractivity contribution >= 4 is 39.7 Å². The molecule has 0 bridgehead atoms. The first-order valence-electron chi connectivity index (χ1n) is 7.31. The molecule has 2 aromatic heterocycles. The molecule has 0 radical (unpaired) electrons. The first-order chi connectivity index (χ1) is 11.6. The molecule has 0 unspecified atom stereocenters. The maximum atomic E-state index is 12.1. The number of aromatic nitrogens is 4. The van der Waals surface area contributed by atoms with Crippen molar-refractivity contribution in [2.75, 3.05) is 11.1 Å². The molecule has 3 aromatic rings. The number of carbonyl (C=O) groups excluding carboxylic acids is 1. The van der Waals surface area contributed by atoms with E-state index in [2.05, 4.69) is 27.5 Å². The van der Waals surface area contributed by atoms with E-state index in [9.17, 15) is 9.59 Å². The first kappa shape index (κ1) is 16.6. The van der Waals surface area contributed by atoms with Gasteiger partial charge < -0.3 is 5.32 Å². The Balaban J connectivity index is 1.66. The summed E-state index contributed by atoms with van der Waals surface area (Å²) in [5.74, 6) is 0.0827. The van der Waals surface area contributed by atoms with Gasteiger partial charge >= 0.3 is 0 Å². The quantitative estimate of drug-likeness (QED) is 0.701. The fourth-order valence-electron chi connectivity index (χ4n) is 2.03. The molecule has 0 spiro atoms. The lowest BCUT2D eigenvalue weighted by molar-refractivity contribution is -0.113. The predicted molar refractivity (Wildman–Crippen MR) is 94.8 cm³/mol. The van der Waals surface area contributed by atoms with Crippen molar-refractivity contribution in [2.45, 2.75) is 24.6 Å². The van der Waals surface area contributed by atoms with Crippen molar-refractivity contribution < 1.29 is 4.79 Å². The molecule has 1 N–H and O–H groups in total. The van der Waals surface area contributed by atoms with Gasteiger partial charge in [-0.2, -0.15) is 4.52 Å². The van der Waals surface area contributed by atoms with Crippen molar-refractivity contribution in [1.82, 2.24) is 19.8 Å². The van der Waals surface area contributed by atoms with Gasteiger partial charge in [0.2, 0.25) is 10.9 Å². The van der Waals surface area contributed by atoms with Crippen LogP contribution in [0.2, 0.25) is 0 Å². The molecular formula is C15H15N5O2S2. The Morgan fingerprint density at radius 2 is 2.21 bits per heavy atom. The van der Waals surface area contributed by atoms with Gasteiger partial charge in [0.05, 0.1) is 5.75 Å². The lowest BCUT2D eigenvalue weighted by atomic mass is 10.1. The van der Waals surface area contributed by atoms with Gasteiger partial charge in [0.15, 0.2) is 4.34 Å². The summed E-state index contributed by atoms with van der Waals surface area (Å²) >= 11 is 2.50. The van der Waals surface area contributed by atoms with Crippen LogP contribution in [0.4, 0.5) is 5.69 Å². The number of benzene rings is 1. The molecule has 3 rings (SSSR count). The Hall–Kier alpha value is -2.26. The maximum absolute atomic E-state index is 12.1. The van der Waals surface area contributed by atoms with E-state index < -0.39 is 0 Å². The molecular weight excluding hydrogens is 346 g/mol. The zero-order chi connectivity index (χ0) is 17.1. The van der Waals surface area contributed by atoms with Crippen LogP contribution in [-0.4, -0.2) is 31.5 Å². The maximum Gasteiger partial charge on any atom is 0.296 e. The molecule has 0 aliphatic rings. The fraction of sp³-hybridized carbons (Fsp3) is 0.267. The van der Waals surface area contributed by atoms with Gasteiger partial charge in [-0.3, -0.25) is 9.59 Å². The number of nitrogens with one attached hydrogen (secondary N) is 1. The van der Waals surface area contributed by atoms with Crippen LogP contribution in [0.1, 0.15) is 18.2 Å². The minimum absolute atomic E-state index is 0.123. The van der Waals surface area contributed by atoms with Crippen LogP contribution in [-0.2, 0) is 11.2 Å². The van der Waals surface area contributed by atoms with E-state index in [0.29, 0.717) is 15.0 Å². The van der Waals surface area contributed by atoms with E-state index in [-0.39, 0.29) is 17.2 Å². The van der Waals surface area contributed by atoms with Gasteiger partial charge in [0, 0.05) is 5.69 Å². The fourth-order valence-corrected chi connectivity index (χ4v) is 3.70. The third-order valence-corrected chi connectivity index (χ3v) is 5.31. The molecule has 124 valence electrons. The Bertz CT molecular complexity index is 950. The molecule has 0 aliphatic carbocycles. The van der Waals surface area contributed by atoms with Crippen LogP contribution in [0.15, 0.2) is 33.4 Å². The summed E-state index contributed by atoms with van der Waals surface area (Å²) in [5.41, 5.74) is 1.95. The number of fused-ring (bicyclic) bond motifs is 1. The SMILES string of the molecule is CCc1cccc(NC(=O)CSc2nn3c(=O)c(C)nnc3s2)c1. The summed E-state index contributed by atoms with van der Waals surface area (Å²) in [5, 5.41) is 14.8. The van der Waals surface area contributed by atoms with Crippen LogP contribution in [0.25, 0.3) is 4.96 Å². The smallest absolute Gasteiger partial charge is 0.296 e. The van der Waals surface area contributed by atoms with Crippen molar-refractivity contribution in [3.8, 4) is 0 Å². The van der Waals surface area contributed by atoms with Crippen LogP contribution in [0.5, 0.6) is 0 Å². The van der Waals surface area contributed by atoms with E-state index in [1.165, 1.54) is 33.2 Å². The van der Waals surface area contributed by atoms with Crippen LogP contribution in [0, 0.1) is 6.92 Å². The van der Waals surface area contributed by atoms with E-state index in [4.69, 9.17) is 0 Å². The summed E-state index contributed by atoms with van der Waals surface area (Å²) < 4.78 is 1.82. The lowest BCUT2D eigenvalue weighted by Gasteiger charge is -2.05. The van der Waals surface area contributed by atoms with Gasteiger partial charge in [-0.1, -0.05) is 42.2 Å². The largest absolute Gasteiger partial charge is 0.325 e. The second-order valence-corrected chi connectivity index (χ2v) is 7.22. The highest BCUT2D eigenvalue weighted by atomic mass is 32.2. The average molecular weight is 361 g/mol. The monoisotopic (exact) mass is 361 g/mol. The lowest BCUT2D eigenvalue weighted by Crippen LogP contribution is -2.19. The molecule has 0 atom stereocenters. The van der Waals surface area contributed by atoms with Crippen LogP contribution >= 0.6 is 23.1 Å². The summed E-state index contributed by atoms with van der Waals surface area (Å²) in [6, 6.07) is 7.75. The number of hydrogen-bond donors (Lipinski definition) is 1. The van der Waals surface area contributed by atoms with E-state index >= 15 is 0 Å². The molecule has 24 heavy (non-hydrogen) atoms. The Labute approximate surface area is 146 Å². The van der Waals surface area contributed by atoms with Gasteiger partial charge in [-0.05, 0) is 31.0 Å². The molecule has 1 amide bonds. The zero-order valence-corrected chi connectivity index (χ0v) is 14.8. The number of thioether (sulfide) groups is 1. The summed E-state index contributed by atoms with van der Waals surface area (Å²) in [4.78, 5) is 24.4. The third kappa shape index (κ3) is 3.62. The Morgan fingerprint density at radius 1 is 1.38 bits per heavy atom. The molecule has 7 nitrogen and oxygen atoms in total. The molecule has 9 heteroatoms. The van der Waals surface area contributed by atoms with Crippen LogP contribution in [0.3, 0.4) is 0 Å². The molecule has 0 fully saturated rings. The second kappa shape index (κ2) is 7.10. The van der Waals surface area contributed by atoms with Crippen molar-refractivity contribution in [3.05, 3.63) is 45.9 Å². The Kier molecular flexibility index (Phi) is 4.91. The highest BCUT2D eigenvalue weighted by Gasteiger charge is 2.11. The van der Waals surface area contributed by atoms with E-state index in [0.717, 1.165) is 12.1 Å². The highest BCUT2D eigenvalue weighted by Crippen LogP contribution is 2.23. The minimum atomic E-state index is -0.288. The average Bonchev–Trinajstić information content (AvgIpc) is 3.00. The zero-order valence-electron chi connectivity index (χ0n) is 13.1. The van der Waals surface area contributed by atoms with E-state index in [1.807, 2.05) is 24.3 Å². The minimum Gasteiger partial charge on any atom is -0.325 e. The summed E-state index contributed by atoms with van der Waals surface area (Å²) in [6.07, 6.45) is 0.916. The molecule has 1 aromatic carbocycles. The van der Waals surface area contributed by atoms with Gasteiger partial charge in [0.25, 0.3) is 5.56 Å². The topological polar surface area (TPSA) is 89.3 Å². The highest BCUT2D eigenvalue weighted by molar-refractivity contribution is 8.01.